The Hall–Kier alpha value is -2.95. The molecule has 5 nitrogen and oxygen atoms in total. The lowest BCUT2D eigenvalue weighted by atomic mass is 9.93. The molecule has 27 heavy (non-hydrogen) atoms. The van der Waals surface area contributed by atoms with Gasteiger partial charge in [0.15, 0.2) is 0 Å². The first-order valence-electron chi connectivity index (χ1n) is 9.55. The van der Waals surface area contributed by atoms with Gasteiger partial charge in [0.2, 0.25) is 5.56 Å². The van der Waals surface area contributed by atoms with Crippen molar-refractivity contribution < 1.29 is 4.79 Å². The van der Waals surface area contributed by atoms with Crippen molar-refractivity contribution >= 4 is 16.8 Å². The van der Waals surface area contributed by atoms with Crippen molar-refractivity contribution in [3.8, 4) is 0 Å². The van der Waals surface area contributed by atoms with E-state index >= 15 is 0 Å². The summed E-state index contributed by atoms with van der Waals surface area (Å²) in [7, 11) is 0. The zero-order valence-electron chi connectivity index (χ0n) is 15.2. The Morgan fingerprint density at radius 3 is 2.63 bits per heavy atom. The Balaban J connectivity index is 1.75. The molecule has 2 heterocycles. The maximum atomic E-state index is 13.6. The fourth-order valence-electron chi connectivity index (χ4n) is 3.96. The van der Waals surface area contributed by atoms with E-state index in [1.807, 2.05) is 47.4 Å². The lowest BCUT2D eigenvalue weighted by Crippen LogP contribution is -2.41. The minimum atomic E-state index is -0.251. The molecule has 0 aliphatic heterocycles. The second-order valence-corrected chi connectivity index (χ2v) is 7.14. The van der Waals surface area contributed by atoms with Gasteiger partial charge >= 0.3 is 0 Å². The topological polar surface area (TPSA) is 66.1 Å². The number of fused-ring (bicyclic) bond motifs is 1. The minimum absolute atomic E-state index is 0.0881. The molecule has 0 saturated heterocycles. The predicted molar refractivity (Wildman–Crippen MR) is 106 cm³/mol. The van der Waals surface area contributed by atoms with Crippen LogP contribution in [0.1, 0.15) is 48.2 Å². The number of hydrogen-bond donors (Lipinski definition) is 1. The molecule has 5 heteroatoms. The number of amides is 1. The van der Waals surface area contributed by atoms with Crippen molar-refractivity contribution in [3.05, 3.63) is 76.3 Å². The highest BCUT2D eigenvalue weighted by atomic mass is 16.2. The summed E-state index contributed by atoms with van der Waals surface area (Å²) in [5.74, 6) is -0.0881. The van der Waals surface area contributed by atoms with Crippen LogP contribution in [0.15, 0.2) is 59.5 Å². The zero-order valence-corrected chi connectivity index (χ0v) is 15.2. The second kappa shape index (κ2) is 7.74. The number of pyridine rings is 2. The molecule has 1 aliphatic rings. The van der Waals surface area contributed by atoms with Gasteiger partial charge in [0.05, 0.1) is 17.8 Å². The molecule has 138 valence electrons. The molecule has 0 unspecified atom stereocenters. The van der Waals surface area contributed by atoms with Crippen LogP contribution in [0.25, 0.3) is 10.9 Å². The van der Waals surface area contributed by atoms with Gasteiger partial charge in [0.25, 0.3) is 5.91 Å². The summed E-state index contributed by atoms with van der Waals surface area (Å²) in [6.07, 6.45) is 7.23. The van der Waals surface area contributed by atoms with Crippen molar-refractivity contribution in [2.45, 2.75) is 44.7 Å². The minimum Gasteiger partial charge on any atom is -0.330 e. The second-order valence-electron chi connectivity index (χ2n) is 7.14. The molecule has 1 aliphatic carbocycles. The summed E-state index contributed by atoms with van der Waals surface area (Å²) in [5.41, 5.74) is 1.77. The van der Waals surface area contributed by atoms with Crippen LogP contribution in [-0.2, 0) is 6.54 Å². The Kier molecular flexibility index (Phi) is 5.01. The van der Waals surface area contributed by atoms with E-state index in [4.69, 9.17) is 0 Å². The first-order chi connectivity index (χ1) is 13.2. The maximum absolute atomic E-state index is 13.6. The van der Waals surface area contributed by atoms with Crippen molar-refractivity contribution in [2.75, 3.05) is 0 Å². The largest absolute Gasteiger partial charge is 0.330 e. The number of H-pyrrole nitrogens is 1. The van der Waals surface area contributed by atoms with Gasteiger partial charge in [0.1, 0.15) is 0 Å². The monoisotopic (exact) mass is 361 g/mol. The van der Waals surface area contributed by atoms with Crippen LogP contribution in [-0.4, -0.2) is 26.8 Å². The van der Waals surface area contributed by atoms with Crippen LogP contribution in [0.3, 0.4) is 0 Å². The van der Waals surface area contributed by atoms with E-state index in [0.717, 1.165) is 36.8 Å². The number of carbonyl (C=O) groups is 1. The van der Waals surface area contributed by atoms with Crippen molar-refractivity contribution in [3.63, 3.8) is 0 Å². The van der Waals surface area contributed by atoms with E-state index in [1.54, 1.807) is 6.20 Å². The lowest BCUT2D eigenvalue weighted by Gasteiger charge is -2.34. The number of carbonyl (C=O) groups excluding carboxylic acids is 1. The Bertz CT molecular complexity index is 991. The van der Waals surface area contributed by atoms with Gasteiger partial charge in [-0.05, 0) is 31.0 Å². The number of benzene rings is 1. The molecular weight excluding hydrogens is 338 g/mol. The predicted octanol–water partition coefficient (Wildman–Crippen LogP) is 3.90. The van der Waals surface area contributed by atoms with Gasteiger partial charge in [0, 0.05) is 29.2 Å². The highest BCUT2D eigenvalue weighted by Crippen LogP contribution is 2.26. The van der Waals surface area contributed by atoms with E-state index in [0.29, 0.717) is 17.6 Å². The number of hydrogen-bond acceptors (Lipinski definition) is 3. The van der Waals surface area contributed by atoms with Crippen molar-refractivity contribution in [1.82, 2.24) is 14.9 Å². The third-order valence-corrected chi connectivity index (χ3v) is 5.32. The van der Waals surface area contributed by atoms with Crippen molar-refractivity contribution in [2.24, 2.45) is 0 Å². The number of aromatic nitrogens is 2. The smallest absolute Gasteiger partial charge is 0.255 e. The number of nitrogens with one attached hydrogen (secondary N) is 1. The average molecular weight is 361 g/mol. The fourth-order valence-corrected chi connectivity index (χ4v) is 3.96. The highest BCUT2D eigenvalue weighted by Gasteiger charge is 2.28. The summed E-state index contributed by atoms with van der Waals surface area (Å²) in [6.45, 7) is 0.464. The van der Waals surface area contributed by atoms with Crippen LogP contribution >= 0.6 is 0 Å². The van der Waals surface area contributed by atoms with E-state index in [1.165, 1.54) is 12.5 Å². The molecule has 0 radical (unpaired) electrons. The lowest BCUT2D eigenvalue weighted by molar-refractivity contribution is 0.0613. The van der Waals surface area contributed by atoms with Gasteiger partial charge < -0.3 is 9.88 Å². The van der Waals surface area contributed by atoms with Crippen LogP contribution in [0.2, 0.25) is 0 Å². The molecule has 3 aromatic rings. The normalized spacial score (nSPS) is 15.0. The molecule has 1 saturated carbocycles. The number of aromatic amines is 1. The van der Waals surface area contributed by atoms with Gasteiger partial charge in [-0.1, -0.05) is 43.5 Å². The Labute approximate surface area is 158 Å². The van der Waals surface area contributed by atoms with Gasteiger partial charge in [-0.2, -0.15) is 0 Å². The van der Waals surface area contributed by atoms with E-state index < -0.39 is 0 Å². The van der Waals surface area contributed by atoms with E-state index in [2.05, 4.69) is 9.97 Å². The van der Waals surface area contributed by atoms with E-state index in [-0.39, 0.29) is 17.5 Å². The van der Waals surface area contributed by atoms with Crippen LogP contribution in [0.4, 0.5) is 0 Å². The van der Waals surface area contributed by atoms with Crippen molar-refractivity contribution in [1.29, 1.82) is 0 Å². The summed E-state index contributed by atoms with van der Waals surface area (Å²) in [4.78, 5) is 34.8. The van der Waals surface area contributed by atoms with Crippen LogP contribution in [0, 0.1) is 0 Å². The highest BCUT2D eigenvalue weighted by molar-refractivity contribution is 6.06. The molecule has 1 amide bonds. The standard InChI is InChI=1S/C22H23N3O2/c26-21-14-19(18-11-4-5-12-20(18)24-21)22(27)25(17-9-2-1-3-10-17)15-16-8-6-7-13-23-16/h4-8,11-14,17H,1-3,9-10,15H2,(H,24,26). The SMILES string of the molecule is O=C(c1cc(=O)[nH]c2ccccc12)N(Cc1ccccn1)C1CCCCC1. The third-order valence-electron chi connectivity index (χ3n) is 5.32. The molecule has 1 fully saturated rings. The van der Waals surface area contributed by atoms with E-state index in [9.17, 15) is 9.59 Å². The number of para-hydroxylation sites is 1. The zero-order chi connectivity index (χ0) is 18.6. The van der Waals surface area contributed by atoms with Crippen LogP contribution < -0.4 is 5.56 Å². The third kappa shape index (κ3) is 3.77. The molecule has 2 aromatic heterocycles. The van der Waals surface area contributed by atoms with Gasteiger partial charge in [-0.25, -0.2) is 0 Å². The summed E-state index contributed by atoms with van der Waals surface area (Å²) >= 11 is 0. The Morgan fingerprint density at radius 2 is 1.85 bits per heavy atom. The molecule has 0 spiro atoms. The summed E-state index contributed by atoms with van der Waals surface area (Å²) < 4.78 is 0. The molecule has 1 aromatic carbocycles. The summed E-state index contributed by atoms with van der Waals surface area (Å²) in [6, 6.07) is 14.8. The first-order valence-corrected chi connectivity index (χ1v) is 9.55. The summed E-state index contributed by atoms with van der Waals surface area (Å²) in [5, 5.41) is 0.781. The number of nitrogens with zero attached hydrogens (tertiary/aromatic N) is 2. The number of rotatable bonds is 4. The van der Waals surface area contributed by atoms with Crippen LogP contribution in [0.5, 0.6) is 0 Å². The quantitative estimate of drug-likeness (QED) is 0.766. The molecule has 0 atom stereocenters. The average Bonchev–Trinajstić information content (AvgIpc) is 2.72. The molecule has 0 bridgehead atoms. The van der Waals surface area contributed by atoms with Gasteiger partial charge in [-0.3, -0.25) is 14.6 Å². The molecule has 4 rings (SSSR count). The Morgan fingerprint density at radius 1 is 1.07 bits per heavy atom. The fraction of sp³-hybridized carbons (Fsp3) is 0.318. The molecule has 1 N–H and O–H groups in total. The maximum Gasteiger partial charge on any atom is 0.255 e. The molecular formula is C22H23N3O2. The van der Waals surface area contributed by atoms with Gasteiger partial charge in [-0.15, -0.1) is 0 Å². The first kappa shape index (κ1) is 17.5.